The van der Waals surface area contributed by atoms with Gasteiger partial charge in [0.25, 0.3) is 0 Å². The van der Waals surface area contributed by atoms with E-state index in [9.17, 15) is 9.90 Å². The molecule has 1 atom stereocenters. The van der Waals surface area contributed by atoms with Crippen LogP contribution >= 0.6 is 0 Å². The Morgan fingerprint density at radius 3 is 2.32 bits per heavy atom. The molecule has 2 aromatic rings. The van der Waals surface area contributed by atoms with E-state index in [1.807, 2.05) is 38.1 Å². The summed E-state index contributed by atoms with van der Waals surface area (Å²) < 4.78 is 0. The van der Waals surface area contributed by atoms with Gasteiger partial charge in [0.15, 0.2) is 0 Å². The highest BCUT2D eigenvalue weighted by molar-refractivity contribution is 5.75. The van der Waals surface area contributed by atoms with Crippen LogP contribution in [-0.4, -0.2) is 21.3 Å². The molecule has 4 nitrogen and oxygen atoms in total. The van der Waals surface area contributed by atoms with Crippen molar-refractivity contribution < 1.29 is 9.90 Å². The number of nitrogens with zero attached hydrogens (tertiary/aromatic N) is 2. The molecule has 1 aromatic carbocycles. The van der Waals surface area contributed by atoms with Crippen molar-refractivity contribution in [1.29, 1.82) is 0 Å². The van der Waals surface area contributed by atoms with Gasteiger partial charge in [-0.25, -0.2) is 0 Å². The number of carbonyl (C=O) groups is 1. The number of carboxylic acids is 1. The quantitative estimate of drug-likeness (QED) is 0.913. The predicted octanol–water partition coefficient (Wildman–Crippen LogP) is 2.50. The zero-order valence-electron chi connectivity index (χ0n) is 11.0. The Kier molecular flexibility index (Phi) is 3.90. The lowest BCUT2D eigenvalue weighted by atomic mass is 9.95. The van der Waals surface area contributed by atoms with E-state index in [4.69, 9.17) is 0 Å². The Hall–Kier alpha value is -2.23. The summed E-state index contributed by atoms with van der Waals surface area (Å²) >= 11 is 0. The highest BCUT2D eigenvalue weighted by Gasteiger charge is 2.22. The third-order valence-electron chi connectivity index (χ3n) is 3.03. The minimum absolute atomic E-state index is 0.424. The van der Waals surface area contributed by atoms with E-state index >= 15 is 0 Å². The van der Waals surface area contributed by atoms with Crippen molar-refractivity contribution in [2.24, 2.45) is 0 Å². The Bertz CT molecular complexity index is 562. The van der Waals surface area contributed by atoms with Crippen molar-refractivity contribution in [3.63, 3.8) is 0 Å². The molecule has 0 fully saturated rings. The number of aliphatic carboxylic acids is 1. The van der Waals surface area contributed by atoms with Gasteiger partial charge in [-0.2, -0.15) is 10.2 Å². The third kappa shape index (κ3) is 3.37. The average molecular weight is 256 g/mol. The minimum Gasteiger partial charge on any atom is -0.481 e. The van der Waals surface area contributed by atoms with Crippen LogP contribution in [0.25, 0.3) is 0 Å². The fourth-order valence-electron chi connectivity index (χ4n) is 1.87. The Labute approximate surface area is 112 Å². The molecule has 0 saturated heterocycles. The first kappa shape index (κ1) is 13.2. The molecule has 0 aliphatic heterocycles. The second-order valence-corrected chi connectivity index (χ2v) is 4.68. The summed E-state index contributed by atoms with van der Waals surface area (Å²) in [6, 6.07) is 11.4. The Balaban J connectivity index is 2.23. The number of hydrogen-bond acceptors (Lipinski definition) is 3. The number of rotatable bonds is 4. The topological polar surface area (TPSA) is 63.1 Å². The summed E-state index contributed by atoms with van der Waals surface area (Å²) in [5.41, 5.74) is 3.42. The third-order valence-corrected chi connectivity index (χ3v) is 3.03. The lowest BCUT2D eigenvalue weighted by molar-refractivity contribution is -0.138. The van der Waals surface area contributed by atoms with Gasteiger partial charge in [0.2, 0.25) is 0 Å². The zero-order chi connectivity index (χ0) is 13.8. The number of hydrogen-bond donors (Lipinski definition) is 1. The Morgan fingerprint density at radius 2 is 1.79 bits per heavy atom. The molecule has 1 aromatic heterocycles. The molecule has 0 amide bonds. The van der Waals surface area contributed by atoms with E-state index in [1.165, 1.54) is 0 Å². The molecule has 2 rings (SSSR count). The normalized spacial score (nSPS) is 12.1. The molecule has 0 aliphatic rings. The summed E-state index contributed by atoms with van der Waals surface area (Å²) in [5, 5.41) is 17.3. The van der Waals surface area contributed by atoms with Gasteiger partial charge in [-0.05, 0) is 38.0 Å². The summed E-state index contributed by atoms with van der Waals surface area (Å²) in [7, 11) is 0. The van der Waals surface area contributed by atoms with Gasteiger partial charge >= 0.3 is 5.97 Å². The SMILES string of the molecule is Cc1ccc(CC(C(=O)O)c2ccc(C)nn2)cc1. The summed E-state index contributed by atoms with van der Waals surface area (Å²) in [4.78, 5) is 11.4. The number of aryl methyl sites for hydroxylation is 2. The second-order valence-electron chi connectivity index (χ2n) is 4.68. The van der Waals surface area contributed by atoms with Crippen molar-refractivity contribution >= 4 is 5.97 Å². The molecule has 1 heterocycles. The second kappa shape index (κ2) is 5.61. The standard InChI is InChI=1S/C15H16N2O2/c1-10-3-6-12(7-4-10)9-13(15(18)19)14-8-5-11(2)16-17-14/h3-8,13H,9H2,1-2H3,(H,18,19). The monoisotopic (exact) mass is 256 g/mol. The minimum atomic E-state index is -0.876. The van der Waals surface area contributed by atoms with Crippen molar-refractivity contribution in [3.05, 3.63) is 58.9 Å². The van der Waals surface area contributed by atoms with Crippen molar-refractivity contribution in [3.8, 4) is 0 Å². The van der Waals surface area contributed by atoms with Crippen LogP contribution in [0.15, 0.2) is 36.4 Å². The van der Waals surface area contributed by atoms with E-state index in [1.54, 1.807) is 12.1 Å². The van der Waals surface area contributed by atoms with Crippen LogP contribution in [0.5, 0.6) is 0 Å². The summed E-state index contributed by atoms with van der Waals surface area (Å²) in [5.74, 6) is -1.53. The van der Waals surface area contributed by atoms with Gasteiger partial charge in [0, 0.05) is 0 Å². The average Bonchev–Trinajstić information content (AvgIpc) is 2.39. The summed E-state index contributed by atoms with van der Waals surface area (Å²) in [6.07, 6.45) is 0.424. The van der Waals surface area contributed by atoms with Crippen molar-refractivity contribution in [2.45, 2.75) is 26.2 Å². The molecule has 0 aliphatic carbocycles. The maximum Gasteiger partial charge on any atom is 0.313 e. The van der Waals surface area contributed by atoms with Gasteiger partial charge in [-0.1, -0.05) is 29.8 Å². The van der Waals surface area contributed by atoms with Gasteiger partial charge in [-0.3, -0.25) is 4.79 Å². The number of benzene rings is 1. The van der Waals surface area contributed by atoms with Crippen LogP contribution in [0.2, 0.25) is 0 Å². The first-order valence-corrected chi connectivity index (χ1v) is 6.15. The van der Waals surface area contributed by atoms with Crippen LogP contribution < -0.4 is 0 Å². The lowest BCUT2D eigenvalue weighted by Gasteiger charge is -2.11. The van der Waals surface area contributed by atoms with E-state index in [0.717, 1.165) is 16.8 Å². The highest BCUT2D eigenvalue weighted by Crippen LogP contribution is 2.19. The van der Waals surface area contributed by atoms with E-state index < -0.39 is 11.9 Å². The fourth-order valence-corrected chi connectivity index (χ4v) is 1.87. The maximum atomic E-state index is 11.4. The van der Waals surface area contributed by atoms with Crippen molar-refractivity contribution in [2.75, 3.05) is 0 Å². The van der Waals surface area contributed by atoms with Gasteiger partial charge in [-0.15, -0.1) is 0 Å². The molecule has 0 bridgehead atoms. The first-order valence-electron chi connectivity index (χ1n) is 6.15. The van der Waals surface area contributed by atoms with E-state index in [0.29, 0.717) is 12.1 Å². The molecule has 1 N–H and O–H groups in total. The number of aromatic nitrogens is 2. The van der Waals surface area contributed by atoms with E-state index in [-0.39, 0.29) is 0 Å². The largest absolute Gasteiger partial charge is 0.481 e. The molecular formula is C15H16N2O2. The van der Waals surface area contributed by atoms with Crippen LogP contribution in [0, 0.1) is 13.8 Å². The van der Waals surface area contributed by atoms with Crippen LogP contribution in [0.4, 0.5) is 0 Å². The lowest BCUT2D eigenvalue weighted by Crippen LogP contribution is -2.16. The van der Waals surface area contributed by atoms with Gasteiger partial charge in [0.1, 0.15) is 5.92 Å². The predicted molar refractivity (Wildman–Crippen MR) is 72.0 cm³/mol. The fraction of sp³-hybridized carbons (Fsp3) is 0.267. The maximum absolute atomic E-state index is 11.4. The van der Waals surface area contributed by atoms with Gasteiger partial charge < -0.3 is 5.11 Å². The first-order chi connectivity index (χ1) is 9.06. The number of carboxylic acid groups (broad SMARTS) is 1. The molecule has 0 spiro atoms. The molecule has 98 valence electrons. The molecule has 0 saturated carbocycles. The molecule has 1 unspecified atom stereocenters. The molecule has 4 heteroatoms. The highest BCUT2D eigenvalue weighted by atomic mass is 16.4. The molecular weight excluding hydrogens is 240 g/mol. The van der Waals surface area contributed by atoms with Crippen molar-refractivity contribution in [1.82, 2.24) is 10.2 Å². The van der Waals surface area contributed by atoms with Gasteiger partial charge in [0.05, 0.1) is 11.4 Å². The molecule has 0 radical (unpaired) electrons. The van der Waals surface area contributed by atoms with Crippen LogP contribution in [0.3, 0.4) is 0 Å². The molecule has 19 heavy (non-hydrogen) atoms. The Morgan fingerprint density at radius 1 is 1.11 bits per heavy atom. The zero-order valence-corrected chi connectivity index (χ0v) is 11.0. The summed E-state index contributed by atoms with van der Waals surface area (Å²) in [6.45, 7) is 3.83. The van der Waals surface area contributed by atoms with Crippen LogP contribution in [0.1, 0.15) is 28.4 Å². The van der Waals surface area contributed by atoms with E-state index in [2.05, 4.69) is 10.2 Å². The smallest absolute Gasteiger partial charge is 0.313 e. The van der Waals surface area contributed by atoms with Crippen LogP contribution in [-0.2, 0) is 11.2 Å².